The summed E-state index contributed by atoms with van der Waals surface area (Å²) in [6.45, 7) is 1.10. The van der Waals surface area contributed by atoms with Gasteiger partial charge in [0.15, 0.2) is 11.5 Å². The Bertz CT molecular complexity index is 837. The molecule has 21 heavy (non-hydrogen) atoms. The molecule has 1 N–H and O–H groups in total. The molecule has 3 aromatic rings. The Morgan fingerprint density at radius 3 is 2.62 bits per heavy atom. The van der Waals surface area contributed by atoms with Gasteiger partial charge in [-0.3, -0.25) is 0 Å². The van der Waals surface area contributed by atoms with Crippen LogP contribution in [0.25, 0.3) is 21.8 Å². The van der Waals surface area contributed by atoms with E-state index in [-0.39, 0.29) is 0 Å². The number of rotatable bonds is 2. The van der Waals surface area contributed by atoms with E-state index in [0.29, 0.717) is 19.0 Å². The van der Waals surface area contributed by atoms with Crippen LogP contribution in [0.5, 0.6) is 23.0 Å². The Morgan fingerprint density at radius 2 is 1.81 bits per heavy atom. The zero-order valence-electron chi connectivity index (χ0n) is 11.9. The van der Waals surface area contributed by atoms with Crippen molar-refractivity contribution in [2.24, 2.45) is 0 Å². The van der Waals surface area contributed by atoms with Gasteiger partial charge in [-0.05, 0) is 6.07 Å². The van der Waals surface area contributed by atoms with Gasteiger partial charge in [-0.25, -0.2) is 0 Å². The highest BCUT2D eigenvalue weighted by molar-refractivity contribution is 6.14. The van der Waals surface area contributed by atoms with E-state index in [2.05, 4.69) is 4.98 Å². The number of ether oxygens (including phenoxy) is 4. The maximum atomic E-state index is 5.83. The van der Waals surface area contributed by atoms with Crippen LogP contribution in [-0.2, 0) is 0 Å². The Labute approximate surface area is 121 Å². The first-order valence-electron chi connectivity index (χ1n) is 6.78. The van der Waals surface area contributed by atoms with Crippen LogP contribution in [0.3, 0.4) is 0 Å². The summed E-state index contributed by atoms with van der Waals surface area (Å²) in [5, 5.41) is 2.00. The highest BCUT2D eigenvalue weighted by Gasteiger charge is 2.23. The molecule has 0 amide bonds. The first kappa shape index (κ1) is 12.2. The summed E-state index contributed by atoms with van der Waals surface area (Å²) in [4.78, 5) is 3.38. The van der Waals surface area contributed by atoms with Gasteiger partial charge in [0.25, 0.3) is 0 Å². The summed E-state index contributed by atoms with van der Waals surface area (Å²) < 4.78 is 22.5. The lowest BCUT2D eigenvalue weighted by Gasteiger charge is -2.20. The van der Waals surface area contributed by atoms with Gasteiger partial charge in [0.1, 0.15) is 24.7 Å². The predicted molar refractivity (Wildman–Crippen MR) is 79.9 cm³/mol. The number of fused-ring (bicyclic) bond motifs is 5. The molecule has 1 aliphatic rings. The van der Waals surface area contributed by atoms with Crippen LogP contribution < -0.4 is 18.9 Å². The standard InChI is InChI=1S/C16H15NO4/c1-18-10-5-3-4-9-13-15(17-14(9)10)11(19-2)8-12-16(13)21-7-6-20-12/h3-5,8,17H,6-7H2,1-2H3. The van der Waals surface area contributed by atoms with Gasteiger partial charge in [0.05, 0.1) is 30.6 Å². The van der Waals surface area contributed by atoms with Crippen molar-refractivity contribution < 1.29 is 18.9 Å². The van der Waals surface area contributed by atoms with Crippen molar-refractivity contribution in [1.29, 1.82) is 0 Å². The third kappa shape index (κ3) is 1.63. The predicted octanol–water partition coefficient (Wildman–Crippen LogP) is 3.11. The molecule has 0 fully saturated rings. The molecule has 0 radical (unpaired) electrons. The van der Waals surface area contributed by atoms with E-state index in [1.807, 2.05) is 24.3 Å². The van der Waals surface area contributed by atoms with E-state index < -0.39 is 0 Å². The van der Waals surface area contributed by atoms with Crippen LogP contribution in [0.4, 0.5) is 0 Å². The summed E-state index contributed by atoms with van der Waals surface area (Å²) in [6.07, 6.45) is 0. The molecule has 108 valence electrons. The van der Waals surface area contributed by atoms with Crippen LogP contribution in [0.15, 0.2) is 24.3 Å². The first-order chi connectivity index (χ1) is 10.3. The fourth-order valence-electron chi connectivity index (χ4n) is 2.87. The maximum Gasteiger partial charge on any atom is 0.171 e. The van der Waals surface area contributed by atoms with Crippen molar-refractivity contribution in [1.82, 2.24) is 4.98 Å². The second-order valence-electron chi connectivity index (χ2n) is 4.86. The van der Waals surface area contributed by atoms with Crippen molar-refractivity contribution in [3.8, 4) is 23.0 Å². The zero-order valence-corrected chi connectivity index (χ0v) is 11.9. The number of benzene rings is 2. The van der Waals surface area contributed by atoms with Crippen molar-refractivity contribution in [2.75, 3.05) is 27.4 Å². The number of nitrogens with one attached hydrogen (secondary N) is 1. The summed E-state index contributed by atoms with van der Waals surface area (Å²) in [5.74, 6) is 3.00. The summed E-state index contributed by atoms with van der Waals surface area (Å²) in [5.41, 5.74) is 1.82. The molecule has 2 heterocycles. The van der Waals surface area contributed by atoms with Crippen LogP contribution in [-0.4, -0.2) is 32.4 Å². The van der Waals surface area contributed by atoms with Crippen LogP contribution in [0, 0.1) is 0 Å². The average molecular weight is 285 g/mol. The summed E-state index contributed by atoms with van der Waals surface area (Å²) >= 11 is 0. The largest absolute Gasteiger partial charge is 0.495 e. The Morgan fingerprint density at radius 1 is 1.00 bits per heavy atom. The molecule has 0 bridgehead atoms. The van der Waals surface area contributed by atoms with E-state index in [1.54, 1.807) is 14.2 Å². The highest BCUT2D eigenvalue weighted by atomic mass is 16.6. The third-order valence-corrected chi connectivity index (χ3v) is 3.78. The monoisotopic (exact) mass is 285 g/mol. The van der Waals surface area contributed by atoms with E-state index in [4.69, 9.17) is 18.9 Å². The quantitative estimate of drug-likeness (QED) is 0.786. The molecule has 0 atom stereocenters. The number of aromatic amines is 1. The second-order valence-corrected chi connectivity index (χ2v) is 4.86. The van der Waals surface area contributed by atoms with Gasteiger partial charge < -0.3 is 23.9 Å². The van der Waals surface area contributed by atoms with Crippen molar-refractivity contribution in [3.05, 3.63) is 24.3 Å². The summed E-state index contributed by atoms with van der Waals surface area (Å²) in [7, 11) is 3.31. The SMILES string of the molecule is COc1cccc2c1[nH]c1c(OC)cc3c(c12)OCCO3. The van der Waals surface area contributed by atoms with Gasteiger partial charge in [0.2, 0.25) is 0 Å². The highest BCUT2D eigenvalue weighted by Crippen LogP contribution is 2.47. The molecule has 5 heteroatoms. The normalized spacial score (nSPS) is 13.6. The van der Waals surface area contributed by atoms with Crippen molar-refractivity contribution in [3.63, 3.8) is 0 Å². The van der Waals surface area contributed by atoms with Gasteiger partial charge in [-0.15, -0.1) is 0 Å². The molecule has 0 unspecified atom stereocenters. The number of methoxy groups -OCH3 is 2. The molecule has 0 saturated carbocycles. The topological polar surface area (TPSA) is 52.7 Å². The number of hydrogen-bond acceptors (Lipinski definition) is 4. The molecule has 0 aliphatic carbocycles. The molecule has 0 spiro atoms. The van der Waals surface area contributed by atoms with Crippen molar-refractivity contribution in [2.45, 2.75) is 0 Å². The van der Waals surface area contributed by atoms with E-state index in [9.17, 15) is 0 Å². The van der Waals surface area contributed by atoms with Crippen molar-refractivity contribution >= 4 is 21.8 Å². The van der Waals surface area contributed by atoms with Gasteiger partial charge in [-0.2, -0.15) is 0 Å². The van der Waals surface area contributed by atoms with Gasteiger partial charge >= 0.3 is 0 Å². The Kier molecular flexibility index (Phi) is 2.60. The molecule has 5 nitrogen and oxygen atoms in total. The minimum atomic E-state index is 0.547. The van der Waals surface area contributed by atoms with Gasteiger partial charge in [0, 0.05) is 11.5 Å². The van der Waals surface area contributed by atoms with Crippen LogP contribution in [0.1, 0.15) is 0 Å². The number of H-pyrrole nitrogens is 1. The van der Waals surface area contributed by atoms with E-state index in [1.165, 1.54) is 0 Å². The Balaban J connectivity index is 2.18. The molecule has 4 rings (SSSR count). The first-order valence-corrected chi connectivity index (χ1v) is 6.78. The number of para-hydroxylation sites is 1. The van der Waals surface area contributed by atoms with E-state index >= 15 is 0 Å². The second kappa shape index (κ2) is 4.48. The van der Waals surface area contributed by atoms with Crippen LogP contribution >= 0.6 is 0 Å². The molecule has 1 aliphatic heterocycles. The molecule has 2 aromatic carbocycles. The number of hydrogen-bond donors (Lipinski definition) is 1. The fraction of sp³-hybridized carbons (Fsp3) is 0.250. The third-order valence-electron chi connectivity index (χ3n) is 3.78. The number of aromatic nitrogens is 1. The van der Waals surface area contributed by atoms with Crippen LogP contribution in [0.2, 0.25) is 0 Å². The lowest BCUT2D eigenvalue weighted by molar-refractivity contribution is 0.173. The molecule has 0 saturated heterocycles. The minimum absolute atomic E-state index is 0.547. The molecular formula is C16H15NO4. The zero-order chi connectivity index (χ0) is 14.4. The lowest BCUT2D eigenvalue weighted by Crippen LogP contribution is -2.15. The summed E-state index contributed by atoms with van der Waals surface area (Å²) in [6, 6.07) is 7.78. The Hall–Kier alpha value is -2.56. The fourth-order valence-corrected chi connectivity index (χ4v) is 2.87. The van der Waals surface area contributed by atoms with Gasteiger partial charge in [-0.1, -0.05) is 12.1 Å². The smallest absolute Gasteiger partial charge is 0.171 e. The van der Waals surface area contributed by atoms with E-state index in [0.717, 1.165) is 39.1 Å². The lowest BCUT2D eigenvalue weighted by atomic mass is 10.1. The average Bonchev–Trinajstić information content (AvgIpc) is 2.93. The molecule has 1 aromatic heterocycles. The minimum Gasteiger partial charge on any atom is -0.495 e. The molecular weight excluding hydrogens is 270 g/mol. The maximum absolute atomic E-state index is 5.83.